The lowest BCUT2D eigenvalue weighted by atomic mass is 10.0. The van der Waals surface area contributed by atoms with Gasteiger partial charge in [-0.1, -0.05) is 13.3 Å². The summed E-state index contributed by atoms with van der Waals surface area (Å²) in [6.45, 7) is 6.60. The Labute approximate surface area is 106 Å². The average molecular weight is 256 g/mol. The van der Waals surface area contributed by atoms with Crippen LogP contribution < -0.4 is 5.32 Å². The maximum Gasteiger partial charge on any atom is 0.263 e. The van der Waals surface area contributed by atoms with Gasteiger partial charge in [0.15, 0.2) is 0 Å². The fraction of sp³-hybridized carbons (Fsp3) is 0.667. The van der Waals surface area contributed by atoms with Crippen LogP contribution >= 0.6 is 11.3 Å². The van der Waals surface area contributed by atoms with Gasteiger partial charge in [-0.3, -0.25) is 4.79 Å². The molecule has 0 bridgehead atoms. The Morgan fingerprint density at radius 1 is 1.53 bits per heavy atom. The monoisotopic (exact) mass is 256 g/mol. The minimum atomic E-state index is -0.0514. The Morgan fingerprint density at radius 3 is 2.71 bits per heavy atom. The first-order valence-electron chi connectivity index (χ1n) is 5.91. The number of nitrogens with zero attached hydrogens (tertiary/aromatic N) is 1. The lowest BCUT2D eigenvalue weighted by Gasteiger charge is -2.13. The number of aryl methyl sites for hydroxylation is 2. The summed E-state index contributed by atoms with van der Waals surface area (Å²) in [6.07, 6.45) is 1.69. The second kappa shape index (κ2) is 6.71. The van der Waals surface area contributed by atoms with Crippen LogP contribution in [0.25, 0.3) is 0 Å². The van der Waals surface area contributed by atoms with Crippen molar-refractivity contribution in [3.05, 3.63) is 15.6 Å². The van der Waals surface area contributed by atoms with Crippen molar-refractivity contribution in [3.8, 4) is 0 Å². The van der Waals surface area contributed by atoms with Crippen LogP contribution in [0.5, 0.6) is 0 Å². The van der Waals surface area contributed by atoms with Crippen molar-refractivity contribution < 1.29 is 9.90 Å². The van der Waals surface area contributed by atoms with Gasteiger partial charge in [-0.15, -0.1) is 11.3 Å². The van der Waals surface area contributed by atoms with Gasteiger partial charge in [-0.05, 0) is 26.2 Å². The maximum absolute atomic E-state index is 11.9. The van der Waals surface area contributed by atoms with E-state index in [-0.39, 0.29) is 12.5 Å². The fourth-order valence-corrected chi connectivity index (χ4v) is 2.53. The van der Waals surface area contributed by atoms with Crippen molar-refractivity contribution >= 4 is 17.2 Å². The van der Waals surface area contributed by atoms with E-state index in [1.165, 1.54) is 11.3 Å². The van der Waals surface area contributed by atoms with E-state index in [9.17, 15) is 4.79 Å². The lowest BCUT2D eigenvalue weighted by Crippen LogP contribution is -2.29. The van der Waals surface area contributed by atoms with Crippen LogP contribution in [0.2, 0.25) is 0 Å². The number of aliphatic hydroxyl groups is 1. The van der Waals surface area contributed by atoms with E-state index >= 15 is 0 Å². The molecule has 1 amide bonds. The third kappa shape index (κ3) is 4.09. The van der Waals surface area contributed by atoms with E-state index in [2.05, 4.69) is 17.2 Å². The summed E-state index contributed by atoms with van der Waals surface area (Å²) >= 11 is 1.42. The number of thiazole rings is 1. The van der Waals surface area contributed by atoms with Crippen molar-refractivity contribution in [2.75, 3.05) is 13.2 Å². The summed E-state index contributed by atoms with van der Waals surface area (Å²) in [7, 11) is 0. The van der Waals surface area contributed by atoms with E-state index < -0.39 is 0 Å². The maximum atomic E-state index is 11.9. The number of carbonyl (C=O) groups excluding carboxylic acids is 1. The SMILES string of the molecule is CCC(CCO)CNC(=O)c1sc(C)nc1C. The Balaban J connectivity index is 2.52. The zero-order chi connectivity index (χ0) is 12.8. The number of hydrogen-bond donors (Lipinski definition) is 2. The molecule has 0 aliphatic heterocycles. The van der Waals surface area contributed by atoms with Crippen molar-refractivity contribution in [1.82, 2.24) is 10.3 Å². The molecule has 2 N–H and O–H groups in total. The predicted octanol–water partition coefficient (Wildman–Crippen LogP) is 1.90. The molecule has 0 aliphatic rings. The van der Waals surface area contributed by atoms with Gasteiger partial charge in [0.1, 0.15) is 4.88 Å². The molecule has 1 heterocycles. The van der Waals surface area contributed by atoms with E-state index in [1.807, 2.05) is 13.8 Å². The molecule has 0 spiro atoms. The van der Waals surface area contributed by atoms with Gasteiger partial charge >= 0.3 is 0 Å². The topological polar surface area (TPSA) is 62.2 Å². The number of rotatable bonds is 6. The fourth-order valence-electron chi connectivity index (χ4n) is 1.69. The van der Waals surface area contributed by atoms with Gasteiger partial charge in [-0.25, -0.2) is 4.98 Å². The average Bonchev–Trinajstić information content (AvgIpc) is 2.63. The third-order valence-electron chi connectivity index (χ3n) is 2.78. The van der Waals surface area contributed by atoms with Crippen LogP contribution in [0.1, 0.15) is 40.1 Å². The zero-order valence-corrected chi connectivity index (χ0v) is 11.4. The van der Waals surface area contributed by atoms with Crippen molar-refractivity contribution in [3.63, 3.8) is 0 Å². The summed E-state index contributed by atoms with van der Waals surface area (Å²) in [6, 6.07) is 0. The van der Waals surface area contributed by atoms with Crippen molar-refractivity contribution in [2.45, 2.75) is 33.6 Å². The van der Waals surface area contributed by atoms with E-state index in [4.69, 9.17) is 5.11 Å². The summed E-state index contributed by atoms with van der Waals surface area (Å²) in [4.78, 5) is 16.8. The van der Waals surface area contributed by atoms with Crippen molar-refractivity contribution in [1.29, 1.82) is 0 Å². The standard InChI is InChI=1S/C12H20N2O2S/c1-4-10(5-6-15)7-13-12(16)11-8(2)14-9(3)17-11/h10,15H,4-7H2,1-3H3,(H,13,16). The Bertz CT molecular complexity index is 377. The van der Waals surface area contributed by atoms with Gasteiger partial charge in [0.25, 0.3) is 5.91 Å². The van der Waals surface area contributed by atoms with Crippen LogP contribution in [0.15, 0.2) is 0 Å². The largest absolute Gasteiger partial charge is 0.396 e. The molecule has 0 fully saturated rings. The second-order valence-corrected chi connectivity index (χ2v) is 5.35. The number of aliphatic hydroxyl groups excluding tert-OH is 1. The first-order chi connectivity index (χ1) is 8.08. The van der Waals surface area contributed by atoms with Crippen LogP contribution in [0, 0.1) is 19.8 Å². The summed E-state index contributed by atoms with van der Waals surface area (Å²) < 4.78 is 0. The van der Waals surface area contributed by atoms with E-state index in [1.54, 1.807) is 0 Å². The Morgan fingerprint density at radius 2 is 2.24 bits per heavy atom. The molecule has 1 aromatic heterocycles. The predicted molar refractivity (Wildman–Crippen MR) is 69.4 cm³/mol. The molecule has 0 aromatic carbocycles. The molecule has 4 nitrogen and oxygen atoms in total. The molecule has 96 valence electrons. The van der Waals surface area contributed by atoms with Gasteiger partial charge < -0.3 is 10.4 Å². The molecule has 0 saturated heterocycles. The highest BCUT2D eigenvalue weighted by atomic mass is 32.1. The molecular weight excluding hydrogens is 236 g/mol. The van der Waals surface area contributed by atoms with Crippen LogP contribution in [-0.2, 0) is 0 Å². The number of hydrogen-bond acceptors (Lipinski definition) is 4. The highest BCUT2D eigenvalue weighted by Crippen LogP contribution is 2.17. The van der Waals surface area contributed by atoms with E-state index in [0.717, 1.165) is 23.5 Å². The Hall–Kier alpha value is -0.940. The highest BCUT2D eigenvalue weighted by molar-refractivity contribution is 7.13. The molecule has 1 aromatic rings. The first-order valence-corrected chi connectivity index (χ1v) is 6.73. The third-order valence-corrected chi connectivity index (χ3v) is 3.85. The van der Waals surface area contributed by atoms with E-state index in [0.29, 0.717) is 17.3 Å². The smallest absolute Gasteiger partial charge is 0.263 e. The van der Waals surface area contributed by atoms with Gasteiger partial charge in [0.2, 0.25) is 0 Å². The second-order valence-electron chi connectivity index (χ2n) is 4.14. The zero-order valence-electron chi connectivity index (χ0n) is 10.6. The summed E-state index contributed by atoms with van der Waals surface area (Å²) in [5.41, 5.74) is 0.792. The number of amides is 1. The minimum Gasteiger partial charge on any atom is -0.396 e. The lowest BCUT2D eigenvalue weighted by molar-refractivity contribution is 0.0947. The van der Waals surface area contributed by atoms with Crippen molar-refractivity contribution in [2.24, 2.45) is 5.92 Å². The molecular formula is C12H20N2O2S. The molecule has 1 rings (SSSR count). The molecule has 17 heavy (non-hydrogen) atoms. The van der Waals surface area contributed by atoms with Gasteiger partial charge in [-0.2, -0.15) is 0 Å². The van der Waals surface area contributed by atoms with Gasteiger partial charge in [0.05, 0.1) is 10.7 Å². The van der Waals surface area contributed by atoms with Crippen LogP contribution in [0.4, 0.5) is 0 Å². The summed E-state index contributed by atoms with van der Waals surface area (Å²) in [5.74, 6) is 0.294. The molecule has 0 radical (unpaired) electrons. The number of nitrogens with one attached hydrogen (secondary N) is 1. The Kier molecular flexibility index (Phi) is 5.58. The molecule has 1 atom stereocenters. The molecule has 1 unspecified atom stereocenters. The number of carbonyl (C=O) groups is 1. The minimum absolute atomic E-state index is 0.0514. The quantitative estimate of drug-likeness (QED) is 0.817. The summed E-state index contributed by atoms with van der Waals surface area (Å²) in [5, 5.41) is 12.7. The first kappa shape index (κ1) is 14.1. The van der Waals surface area contributed by atoms with Crippen LogP contribution in [0.3, 0.4) is 0 Å². The molecule has 5 heteroatoms. The molecule has 0 aliphatic carbocycles. The van der Waals surface area contributed by atoms with Gasteiger partial charge in [0, 0.05) is 13.2 Å². The molecule has 0 saturated carbocycles. The van der Waals surface area contributed by atoms with Crippen LogP contribution in [-0.4, -0.2) is 29.1 Å². The highest BCUT2D eigenvalue weighted by Gasteiger charge is 2.14. The number of aromatic nitrogens is 1. The normalized spacial score (nSPS) is 12.5.